The minimum Gasteiger partial charge on any atom is -0.339 e. The van der Waals surface area contributed by atoms with Gasteiger partial charge >= 0.3 is 0 Å². The molecule has 1 aliphatic carbocycles. The van der Waals surface area contributed by atoms with E-state index < -0.39 is 0 Å². The number of pyridine rings is 1. The molecule has 0 radical (unpaired) electrons. The Morgan fingerprint density at radius 2 is 1.96 bits per heavy atom. The lowest BCUT2D eigenvalue weighted by Crippen LogP contribution is -2.39. The first-order valence-corrected chi connectivity index (χ1v) is 10.4. The van der Waals surface area contributed by atoms with Crippen molar-refractivity contribution in [3.63, 3.8) is 0 Å². The summed E-state index contributed by atoms with van der Waals surface area (Å²) in [6, 6.07) is 6.30. The van der Waals surface area contributed by atoms with Crippen molar-refractivity contribution in [1.82, 2.24) is 15.0 Å². The summed E-state index contributed by atoms with van der Waals surface area (Å²) in [5.74, 6) is 0.786. The molecule has 0 bridgehead atoms. The topological polar surface area (TPSA) is 59.2 Å². The summed E-state index contributed by atoms with van der Waals surface area (Å²) in [5, 5.41) is 4.79. The van der Waals surface area contributed by atoms with Crippen molar-refractivity contribution in [2.45, 2.75) is 52.5 Å². The molecule has 6 heteroatoms. The van der Waals surface area contributed by atoms with Crippen LogP contribution in [0.5, 0.6) is 0 Å². The lowest BCUT2D eigenvalue weighted by atomic mass is 9.86. The molecule has 1 aliphatic rings. The molecule has 0 N–H and O–H groups in total. The summed E-state index contributed by atoms with van der Waals surface area (Å²) in [6.07, 6.45) is 4.49. The van der Waals surface area contributed by atoms with Crippen LogP contribution in [-0.2, 0) is 0 Å². The second-order valence-electron chi connectivity index (χ2n) is 7.74. The van der Waals surface area contributed by atoms with Gasteiger partial charge in [-0.2, -0.15) is 0 Å². The summed E-state index contributed by atoms with van der Waals surface area (Å²) in [5.41, 5.74) is 2.55. The smallest absolute Gasteiger partial charge is 0.259 e. The average Bonchev–Trinajstić information content (AvgIpc) is 3.26. The van der Waals surface area contributed by atoms with Crippen molar-refractivity contribution in [3.8, 4) is 10.6 Å². The third-order valence-electron chi connectivity index (χ3n) is 5.69. The van der Waals surface area contributed by atoms with Crippen molar-refractivity contribution in [1.29, 1.82) is 0 Å². The largest absolute Gasteiger partial charge is 0.339 e. The zero-order chi connectivity index (χ0) is 19.1. The van der Waals surface area contributed by atoms with Gasteiger partial charge in [0.2, 0.25) is 0 Å². The molecule has 1 saturated carbocycles. The summed E-state index contributed by atoms with van der Waals surface area (Å²) < 4.78 is 5.42. The highest BCUT2D eigenvalue weighted by molar-refractivity contribution is 7.15. The number of hydrogen-bond acceptors (Lipinski definition) is 5. The Labute approximate surface area is 163 Å². The van der Waals surface area contributed by atoms with Crippen molar-refractivity contribution in [2.75, 3.05) is 7.05 Å². The van der Waals surface area contributed by atoms with Crippen molar-refractivity contribution < 1.29 is 9.32 Å². The fourth-order valence-electron chi connectivity index (χ4n) is 3.95. The van der Waals surface area contributed by atoms with Crippen LogP contribution in [0, 0.1) is 19.8 Å². The number of aryl methyl sites for hydroxylation is 2. The Morgan fingerprint density at radius 1 is 1.22 bits per heavy atom. The summed E-state index contributed by atoms with van der Waals surface area (Å²) in [4.78, 5) is 22.2. The van der Waals surface area contributed by atoms with Crippen LogP contribution in [0.3, 0.4) is 0 Å². The van der Waals surface area contributed by atoms with E-state index in [1.54, 1.807) is 11.3 Å². The first kappa shape index (κ1) is 18.2. The van der Waals surface area contributed by atoms with Crippen molar-refractivity contribution >= 4 is 28.3 Å². The van der Waals surface area contributed by atoms with E-state index in [4.69, 9.17) is 4.52 Å². The molecule has 3 aromatic rings. The van der Waals surface area contributed by atoms with Crippen LogP contribution < -0.4 is 0 Å². The summed E-state index contributed by atoms with van der Waals surface area (Å²) in [7, 11) is 1.92. The van der Waals surface area contributed by atoms with Gasteiger partial charge < -0.3 is 9.42 Å². The maximum absolute atomic E-state index is 13.4. The van der Waals surface area contributed by atoms with Crippen molar-refractivity contribution in [2.24, 2.45) is 5.92 Å². The van der Waals surface area contributed by atoms with Gasteiger partial charge in [0.15, 0.2) is 0 Å². The third-order valence-corrected chi connectivity index (χ3v) is 6.72. The molecule has 3 heterocycles. The number of amides is 1. The second-order valence-corrected chi connectivity index (χ2v) is 9.03. The Kier molecular flexibility index (Phi) is 4.76. The molecule has 0 saturated heterocycles. The van der Waals surface area contributed by atoms with Gasteiger partial charge in [0.25, 0.3) is 11.6 Å². The van der Waals surface area contributed by atoms with Gasteiger partial charge in [0.05, 0.1) is 27.2 Å². The van der Waals surface area contributed by atoms with Crippen LogP contribution in [0.25, 0.3) is 21.7 Å². The maximum Gasteiger partial charge on any atom is 0.259 e. The molecule has 5 nitrogen and oxygen atoms in total. The Hall–Kier alpha value is -2.21. The number of thiophene rings is 1. The predicted octanol–water partition coefficient (Wildman–Crippen LogP) is 5.22. The number of fused-ring (bicyclic) bond motifs is 1. The van der Waals surface area contributed by atoms with Crippen LogP contribution in [-0.4, -0.2) is 34.0 Å². The van der Waals surface area contributed by atoms with Crippen LogP contribution >= 0.6 is 11.3 Å². The molecule has 0 aliphatic heterocycles. The third kappa shape index (κ3) is 3.38. The Bertz CT molecular complexity index is 983. The van der Waals surface area contributed by atoms with E-state index in [0.717, 1.165) is 34.7 Å². The molecular weight excluding hydrogens is 358 g/mol. The Balaban J connectivity index is 1.75. The molecule has 1 amide bonds. The number of rotatable bonds is 3. The standard InChI is InChI=1S/C21H25N3O2S/c1-12-5-8-15(9-6-12)24(4)21(25)16-11-17(18-10-7-13(2)27-18)22-20-19(16)14(3)23-26-20/h7,10-12,15H,5-6,8-9H2,1-4H3. The molecule has 4 rings (SSSR count). The first-order valence-electron chi connectivity index (χ1n) is 9.55. The first-order chi connectivity index (χ1) is 12.9. The van der Waals surface area contributed by atoms with Crippen molar-refractivity contribution in [3.05, 3.63) is 34.3 Å². The second kappa shape index (κ2) is 7.08. The summed E-state index contributed by atoms with van der Waals surface area (Å²) in [6.45, 7) is 6.22. The van der Waals surface area contributed by atoms with Gasteiger partial charge in [0, 0.05) is 18.0 Å². The zero-order valence-electron chi connectivity index (χ0n) is 16.3. The van der Waals surface area contributed by atoms with Crippen LogP contribution in [0.15, 0.2) is 22.7 Å². The maximum atomic E-state index is 13.4. The van der Waals surface area contributed by atoms with Gasteiger partial charge in [-0.15, -0.1) is 11.3 Å². The predicted molar refractivity (Wildman–Crippen MR) is 108 cm³/mol. The molecule has 0 aromatic carbocycles. The lowest BCUT2D eigenvalue weighted by Gasteiger charge is -2.33. The normalized spacial score (nSPS) is 20.1. The van der Waals surface area contributed by atoms with E-state index in [0.29, 0.717) is 23.0 Å². The number of hydrogen-bond donors (Lipinski definition) is 0. The van der Waals surface area contributed by atoms with E-state index in [-0.39, 0.29) is 5.91 Å². The highest BCUT2D eigenvalue weighted by atomic mass is 32.1. The zero-order valence-corrected chi connectivity index (χ0v) is 17.1. The van der Waals surface area contributed by atoms with Crippen LogP contribution in [0.4, 0.5) is 0 Å². The van der Waals surface area contributed by atoms with E-state index in [2.05, 4.69) is 30.1 Å². The Morgan fingerprint density at radius 3 is 2.63 bits per heavy atom. The molecule has 27 heavy (non-hydrogen) atoms. The summed E-state index contributed by atoms with van der Waals surface area (Å²) >= 11 is 1.66. The minimum atomic E-state index is 0.0304. The van der Waals surface area contributed by atoms with E-state index in [1.807, 2.05) is 31.0 Å². The van der Waals surface area contributed by atoms with Crippen LogP contribution in [0.1, 0.15) is 53.5 Å². The number of aromatic nitrogens is 2. The van der Waals surface area contributed by atoms with Gasteiger partial charge in [-0.3, -0.25) is 4.79 Å². The lowest BCUT2D eigenvalue weighted by molar-refractivity contribution is 0.0681. The van der Waals surface area contributed by atoms with Gasteiger partial charge in [-0.25, -0.2) is 4.98 Å². The highest BCUT2D eigenvalue weighted by Gasteiger charge is 2.28. The van der Waals surface area contributed by atoms with Crippen LogP contribution in [0.2, 0.25) is 0 Å². The molecular formula is C21H25N3O2S. The number of carbonyl (C=O) groups excluding carboxylic acids is 1. The molecule has 142 valence electrons. The molecule has 0 atom stereocenters. The molecule has 0 spiro atoms. The fraction of sp³-hybridized carbons (Fsp3) is 0.476. The fourth-order valence-corrected chi connectivity index (χ4v) is 4.78. The van der Waals surface area contributed by atoms with Gasteiger partial charge in [-0.1, -0.05) is 12.1 Å². The van der Waals surface area contributed by atoms with E-state index in [9.17, 15) is 4.79 Å². The number of carbonyl (C=O) groups is 1. The quantitative estimate of drug-likeness (QED) is 0.622. The molecule has 1 fully saturated rings. The number of nitrogens with zero attached hydrogens (tertiary/aromatic N) is 3. The molecule has 0 unspecified atom stereocenters. The monoisotopic (exact) mass is 383 g/mol. The minimum absolute atomic E-state index is 0.0304. The average molecular weight is 384 g/mol. The van der Waals surface area contributed by atoms with Gasteiger partial charge in [0.1, 0.15) is 0 Å². The van der Waals surface area contributed by atoms with E-state index >= 15 is 0 Å². The van der Waals surface area contributed by atoms with Gasteiger partial charge in [-0.05, 0) is 63.6 Å². The molecule has 3 aromatic heterocycles. The SMILES string of the molecule is Cc1ccc(-c2cc(C(=O)N(C)C3CCC(C)CC3)c3c(C)noc3n2)s1. The van der Waals surface area contributed by atoms with E-state index in [1.165, 1.54) is 17.7 Å². The highest BCUT2D eigenvalue weighted by Crippen LogP contribution is 2.33.